The molecule has 420 valence electrons. The van der Waals surface area contributed by atoms with Gasteiger partial charge in [0.25, 0.3) is 0 Å². The van der Waals surface area contributed by atoms with Crippen molar-refractivity contribution in [1.82, 2.24) is 0 Å². The lowest BCUT2D eigenvalue weighted by atomic mass is 10.0. The summed E-state index contributed by atoms with van der Waals surface area (Å²) >= 11 is 0. The highest BCUT2D eigenvalue weighted by molar-refractivity contribution is 5.71. The lowest BCUT2D eigenvalue weighted by Gasteiger charge is -2.18. The van der Waals surface area contributed by atoms with Crippen LogP contribution in [0.1, 0.15) is 335 Å². The summed E-state index contributed by atoms with van der Waals surface area (Å²) in [6.45, 7) is 6.57. The zero-order chi connectivity index (χ0) is 52.2. The molecular weight excluding hydrogens is 889 g/mol. The summed E-state index contributed by atoms with van der Waals surface area (Å²) in [5, 5.41) is 0. The van der Waals surface area contributed by atoms with Gasteiger partial charge in [-0.15, -0.1) is 0 Å². The number of unbranched alkanes of at least 4 members (excludes halogenated alkanes) is 39. The molecule has 0 spiro atoms. The van der Waals surface area contributed by atoms with Gasteiger partial charge in [-0.25, -0.2) is 0 Å². The van der Waals surface area contributed by atoms with Gasteiger partial charge < -0.3 is 14.2 Å². The zero-order valence-corrected chi connectivity index (χ0v) is 48.2. The molecule has 0 aliphatic rings. The molecular formula is C66H120O6. The number of hydrogen-bond donors (Lipinski definition) is 0. The first-order valence-electron chi connectivity index (χ1n) is 31.6. The fourth-order valence-corrected chi connectivity index (χ4v) is 9.34. The molecule has 6 nitrogen and oxygen atoms in total. The highest BCUT2D eigenvalue weighted by Gasteiger charge is 2.19. The number of carbonyl (C=O) groups is 3. The van der Waals surface area contributed by atoms with Gasteiger partial charge >= 0.3 is 17.9 Å². The molecule has 6 heteroatoms. The van der Waals surface area contributed by atoms with Crippen LogP contribution in [0.25, 0.3) is 0 Å². The molecule has 0 aromatic rings. The van der Waals surface area contributed by atoms with Crippen molar-refractivity contribution in [1.29, 1.82) is 0 Å². The number of esters is 3. The molecule has 0 heterocycles. The van der Waals surface area contributed by atoms with Gasteiger partial charge in [0, 0.05) is 19.3 Å². The van der Waals surface area contributed by atoms with Crippen LogP contribution in [0.4, 0.5) is 0 Å². The van der Waals surface area contributed by atoms with Crippen LogP contribution in [-0.4, -0.2) is 37.2 Å². The van der Waals surface area contributed by atoms with Crippen LogP contribution in [0.3, 0.4) is 0 Å². The minimum absolute atomic E-state index is 0.0755. The lowest BCUT2D eigenvalue weighted by Crippen LogP contribution is -2.30. The minimum atomic E-state index is -0.779. The van der Waals surface area contributed by atoms with Crippen LogP contribution in [0.2, 0.25) is 0 Å². The molecule has 0 bridgehead atoms. The van der Waals surface area contributed by atoms with E-state index >= 15 is 0 Å². The molecule has 0 N–H and O–H groups in total. The summed E-state index contributed by atoms with van der Waals surface area (Å²) in [6.07, 6.45) is 75.4. The largest absolute Gasteiger partial charge is 0.462 e. The van der Waals surface area contributed by atoms with Crippen LogP contribution in [0.15, 0.2) is 48.6 Å². The van der Waals surface area contributed by atoms with Gasteiger partial charge in [-0.05, 0) is 77.0 Å². The van der Waals surface area contributed by atoms with Crippen LogP contribution in [0.5, 0.6) is 0 Å². The molecule has 0 saturated carbocycles. The van der Waals surface area contributed by atoms with Crippen LogP contribution in [0, 0.1) is 0 Å². The molecule has 0 aliphatic heterocycles. The zero-order valence-electron chi connectivity index (χ0n) is 48.2. The number of hydrogen-bond acceptors (Lipinski definition) is 6. The first kappa shape index (κ1) is 69.4. The molecule has 72 heavy (non-hydrogen) atoms. The topological polar surface area (TPSA) is 78.9 Å². The number of allylic oxidation sites excluding steroid dienone is 8. The monoisotopic (exact) mass is 1010 g/mol. The van der Waals surface area contributed by atoms with Gasteiger partial charge in [0.2, 0.25) is 0 Å². The molecule has 0 radical (unpaired) electrons. The number of carbonyl (C=O) groups excluding carboxylic acids is 3. The van der Waals surface area contributed by atoms with E-state index in [0.29, 0.717) is 19.3 Å². The van der Waals surface area contributed by atoms with Crippen molar-refractivity contribution in [3.8, 4) is 0 Å². The molecule has 0 saturated heterocycles. The highest BCUT2D eigenvalue weighted by atomic mass is 16.6. The Kier molecular flexibility index (Phi) is 58.7. The summed E-state index contributed by atoms with van der Waals surface area (Å²) in [4.78, 5) is 38.3. The third-order valence-corrected chi connectivity index (χ3v) is 14.1. The third kappa shape index (κ3) is 58.3. The standard InChI is InChI=1S/C66H120O6/c1-4-7-10-13-16-19-22-25-28-30-31-32-33-34-35-36-39-41-44-47-50-53-56-59-65(68)71-62-63(61-70-64(67)58-55-52-49-46-43-40-37-27-24-21-18-15-12-9-6-3)72-66(69)60-57-54-51-48-45-42-38-29-26-23-20-17-14-11-8-5-2/h9,12,18,21,27,30-31,37,63H,4-8,10-11,13-17,19-20,22-26,28-29,32-36,38-62H2,1-3H3/b12-9-,21-18-,31-30-,37-27-. The van der Waals surface area contributed by atoms with Crippen molar-refractivity contribution in [3.63, 3.8) is 0 Å². The fraction of sp³-hybridized carbons (Fsp3) is 0.833. The molecule has 0 rings (SSSR count). The first-order chi connectivity index (χ1) is 35.5. The predicted octanol–water partition coefficient (Wildman–Crippen LogP) is 21.4. The van der Waals surface area contributed by atoms with Crippen LogP contribution < -0.4 is 0 Å². The van der Waals surface area contributed by atoms with Gasteiger partial charge in [0.05, 0.1) is 0 Å². The maximum absolute atomic E-state index is 12.9. The van der Waals surface area contributed by atoms with E-state index in [1.54, 1.807) is 0 Å². The average Bonchev–Trinajstić information content (AvgIpc) is 3.38. The van der Waals surface area contributed by atoms with E-state index in [4.69, 9.17) is 14.2 Å². The summed E-state index contributed by atoms with van der Waals surface area (Å²) in [6, 6.07) is 0. The molecule has 0 aromatic carbocycles. The normalized spacial score (nSPS) is 12.3. The molecule has 0 aromatic heterocycles. The second-order valence-corrected chi connectivity index (χ2v) is 21.3. The number of ether oxygens (including phenoxy) is 3. The maximum Gasteiger partial charge on any atom is 0.306 e. The van der Waals surface area contributed by atoms with Gasteiger partial charge in [-0.1, -0.05) is 288 Å². The van der Waals surface area contributed by atoms with Crippen molar-refractivity contribution < 1.29 is 28.6 Å². The van der Waals surface area contributed by atoms with Crippen molar-refractivity contribution in [2.45, 2.75) is 341 Å². The Morgan fingerprint density at radius 1 is 0.292 bits per heavy atom. The quantitative estimate of drug-likeness (QED) is 0.0261. The Hall–Kier alpha value is -2.63. The van der Waals surface area contributed by atoms with Gasteiger partial charge in [-0.3, -0.25) is 14.4 Å². The molecule has 0 amide bonds. The lowest BCUT2D eigenvalue weighted by molar-refractivity contribution is -0.167. The summed E-state index contributed by atoms with van der Waals surface area (Å²) in [5.41, 5.74) is 0. The fourth-order valence-electron chi connectivity index (χ4n) is 9.34. The van der Waals surface area contributed by atoms with Crippen molar-refractivity contribution in [2.75, 3.05) is 13.2 Å². The van der Waals surface area contributed by atoms with Gasteiger partial charge in [-0.2, -0.15) is 0 Å². The summed E-state index contributed by atoms with van der Waals surface area (Å²) in [7, 11) is 0. The Bertz CT molecular complexity index is 1250. The minimum Gasteiger partial charge on any atom is -0.462 e. The summed E-state index contributed by atoms with van der Waals surface area (Å²) in [5.74, 6) is -0.873. The van der Waals surface area contributed by atoms with Gasteiger partial charge in [0.15, 0.2) is 6.10 Å². The van der Waals surface area contributed by atoms with Crippen molar-refractivity contribution in [2.24, 2.45) is 0 Å². The molecule has 1 atom stereocenters. The SMILES string of the molecule is CC/C=C\C/C=C\C/C=C\CCCCCCCC(=O)OCC(COC(=O)CCCCCCCCCCCCC/C=C\CCCCCCCCCC)OC(=O)CCCCCCCCCCCCCCCCCC. The van der Waals surface area contributed by atoms with Crippen LogP contribution >= 0.6 is 0 Å². The van der Waals surface area contributed by atoms with Crippen LogP contribution in [-0.2, 0) is 28.6 Å². The number of rotatable bonds is 58. The highest BCUT2D eigenvalue weighted by Crippen LogP contribution is 2.17. The van der Waals surface area contributed by atoms with E-state index < -0.39 is 6.10 Å². The first-order valence-corrected chi connectivity index (χ1v) is 31.6. The van der Waals surface area contributed by atoms with Crippen molar-refractivity contribution in [3.05, 3.63) is 48.6 Å². The van der Waals surface area contributed by atoms with Gasteiger partial charge in [0.1, 0.15) is 13.2 Å². The predicted molar refractivity (Wildman–Crippen MR) is 312 cm³/mol. The van der Waals surface area contributed by atoms with E-state index in [2.05, 4.69) is 69.4 Å². The molecule has 0 fully saturated rings. The van der Waals surface area contributed by atoms with E-state index in [9.17, 15) is 14.4 Å². The second kappa shape index (κ2) is 60.9. The molecule has 0 aliphatic carbocycles. The summed E-state index contributed by atoms with van der Waals surface area (Å²) < 4.78 is 16.9. The Labute approximate surface area is 448 Å². The van der Waals surface area contributed by atoms with E-state index in [1.165, 1.54) is 199 Å². The maximum atomic E-state index is 12.9. The molecule has 1 unspecified atom stereocenters. The van der Waals surface area contributed by atoms with E-state index in [-0.39, 0.29) is 31.1 Å². The Morgan fingerprint density at radius 3 is 0.861 bits per heavy atom. The average molecular weight is 1010 g/mol. The third-order valence-electron chi connectivity index (χ3n) is 14.1. The second-order valence-electron chi connectivity index (χ2n) is 21.3. The smallest absolute Gasteiger partial charge is 0.306 e. The van der Waals surface area contributed by atoms with E-state index in [1.807, 2.05) is 0 Å². The van der Waals surface area contributed by atoms with Crippen molar-refractivity contribution >= 4 is 17.9 Å². The Morgan fingerprint density at radius 2 is 0.542 bits per heavy atom. The van der Waals surface area contributed by atoms with E-state index in [0.717, 1.165) is 96.3 Å². The Balaban J connectivity index is 4.30.